The van der Waals surface area contributed by atoms with Crippen LogP contribution in [0, 0.1) is 13.8 Å². The number of aromatic nitrogens is 2. The fourth-order valence-corrected chi connectivity index (χ4v) is 5.26. The Balaban J connectivity index is 0.000000196. The van der Waals surface area contributed by atoms with Crippen LogP contribution in [0.2, 0.25) is 0 Å². The molecule has 0 bridgehead atoms. The van der Waals surface area contributed by atoms with E-state index in [0.29, 0.717) is 26.6 Å². The second-order valence-corrected chi connectivity index (χ2v) is 11.3. The van der Waals surface area contributed by atoms with Gasteiger partial charge in [-0.2, -0.15) is 0 Å². The molecule has 4 aromatic rings. The van der Waals surface area contributed by atoms with Gasteiger partial charge in [-0.3, -0.25) is 9.59 Å². The molecule has 0 saturated carbocycles. The summed E-state index contributed by atoms with van der Waals surface area (Å²) in [6.07, 6.45) is 1.62. The SMILES string of the molecule is CC(=O)Nc1nc(C)c(-c2ccc(S(=O)(=O)Cl)o2)s1.CC(=O)Nc1nc(C)c(-c2ccco2)s1. The summed E-state index contributed by atoms with van der Waals surface area (Å²) in [5, 5.41) is 5.91. The minimum atomic E-state index is -3.89. The van der Waals surface area contributed by atoms with E-state index in [4.69, 9.17) is 19.5 Å². The maximum Gasteiger partial charge on any atom is 0.294 e. The lowest BCUT2D eigenvalue weighted by Gasteiger charge is -1.93. The molecule has 0 aliphatic heterocycles. The van der Waals surface area contributed by atoms with Gasteiger partial charge in [0.2, 0.25) is 16.9 Å². The average Bonchev–Trinajstić information content (AvgIpc) is 3.48. The van der Waals surface area contributed by atoms with Crippen molar-refractivity contribution in [2.75, 3.05) is 10.6 Å². The molecule has 4 heterocycles. The number of carbonyl (C=O) groups excluding carboxylic acids is 2. The molecule has 0 aliphatic carbocycles. The minimum Gasteiger partial charge on any atom is -0.463 e. The van der Waals surface area contributed by atoms with Crippen LogP contribution < -0.4 is 10.6 Å². The summed E-state index contributed by atoms with van der Waals surface area (Å²) in [6, 6.07) is 6.47. The Hall–Kier alpha value is -3.00. The van der Waals surface area contributed by atoms with Crippen molar-refractivity contribution in [3.8, 4) is 21.3 Å². The Bertz CT molecular complexity index is 1420. The molecule has 4 aromatic heterocycles. The van der Waals surface area contributed by atoms with Crippen molar-refractivity contribution < 1.29 is 26.8 Å². The van der Waals surface area contributed by atoms with Crippen molar-refractivity contribution in [2.24, 2.45) is 0 Å². The molecule has 180 valence electrons. The second-order valence-electron chi connectivity index (χ2n) is 6.76. The van der Waals surface area contributed by atoms with Gasteiger partial charge in [0.05, 0.1) is 27.4 Å². The van der Waals surface area contributed by atoms with E-state index in [1.165, 1.54) is 48.7 Å². The molecule has 2 N–H and O–H groups in total. The predicted octanol–water partition coefficient (Wildman–Crippen LogP) is 5.27. The first-order valence-electron chi connectivity index (χ1n) is 9.53. The van der Waals surface area contributed by atoms with Crippen LogP contribution in [0.15, 0.2) is 44.5 Å². The quantitative estimate of drug-likeness (QED) is 0.324. The highest BCUT2D eigenvalue weighted by molar-refractivity contribution is 8.13. The molecule has 0 aromatic carbocycles. The van der Waals surface area contributed by atoms with Crippen LogP contribution in [0.5, 0.6) is 0 Å². The predicted molar refractivity (Wildman–Crippen MR) is 131 cm³/mol. The van der Waals surface area contributed by atoms with E-state index in [1.807, 2.05) is 19.1 Å². The molecule has 34 heavy (non-hydrogen) atoms. The molecule has 2 amide bonds. The summed E-state index contributed by atoms with van der Waals surface area (Å²) in [6.45, 7) is 6.46. The van der Waals surface area contributed by atoms with Gasteiger partial charge in [-0.05, 0) is 38.1 Å². The normalized spacial score (nSPS) is 11.0. The van der Waals surface area contributed by atoms with Crippen molar-refractivity contribution in [1.29, 1.82) is 0 Å². The number of rotatable bonds is 5. The zero-order chi connectivity index (χ0) is 25.0. The average molecular weight is 543 g/mol. The number of hydrogen-bond donors (Lipinski definition) is 2. The monoisotopic (exact) mass is 542 g/mol. The summed E-state index contributed by atoms with van der Waals surface area (Å²) < 4.78 is 32.7. The maximum absolute atomic E-state index is 11.1. The fraction of sp³-hybridized carbons (Fsp3) is 0.200. The Labute approximate surface area is 207 Å². The summed E-state index contributed by atoms with van der Waals surface area (Å²) in [5.74, 6) is 0.769. The molecule has 0 atom stereocenters. The Morgan fingerprint density at radius 2 is 1.44 bits per heavy atom. The van der Waals surface area contributed by atoms with Crippen LogP contribution in [0.1, 0.15) is 25.2 Å². The molecule has 4 rings (SSSR count). The highest BCUT2D eigenvalue weighted by atomic mass is 35.7. The number of anilines is 2. The van der Waals surface area contributed by atoms with Gasteiger partial charge in [0.15, 0.2) is 10.3 Å². The molecule has 14 heteroatoms. The first kappa shape index (κ1) is 25.6. The highest BCUT2D eigenvalue weighted by Gasteiger charge is 2.19. The van der Waals surface area contributed by atoms with Gasteiger partial charge < -0.3 is 19.5 Å². The third kappa shape index (κ3) is 6.53. The van der Waals surface area contributed by atoms with Crippen molar-refractivity contribution in [1.82, 2.24) is 9.97 Å². The van der Waals surface area contributed by atoms with Crippen LogP contribution in [0.4, 0.5) is 10.3 Å². The smallest absolute Gasteiger partial charge is 0.294 e. The molecular formula is C20H19ClN4O6S3. The Kier molecular flexibility index (Phi) is 7.92. The second kappa shape index (κ2) is 10.5. The maximum atomic E-state index is 11.1. The third-order valence-electron chi connectivity index (χ3n) is 3.95. The first-order chi connectivity index (χ1) is 15.9. The van der Waals surface area contributed by atoms with Crippen LogP contribution in [-0.2, 0) is 18.6 Å². The Morgan fingerprint density at radius 3 is 1.85 bits per heavy atom. The fourth-order valence-electron chi connectivity index (χ4n) is 2.64. The van der Waals surface area contributed by atoms with Crippen molar-refractivity contribution in [2.45, 2.75) is 32.8 Å². The van der Waals surface area contributed by atoms with E-state index in [2.05, 4.69) is 20.6 Å². The van der Waals surface area contributed by atoms with Crippen LogP contribution >= 0.6 is 33.4 Å². The van der Waals surface area contributed by atoms with Crippen molar-refractivity contribution in [3.05, 3.63) is 41.9 Å². The standard InChI is InChI=1S/C10H9ClN2O4S2.C10H10N2O2S/c1-5-9(18-10(12-5)13-6(2)14)7-3-4-8(17-7)19(11,15)16;1-6-9(8-4-3-5-14-8)15-10(11-6)12-7(2)13/h3-4H,1-2H3,(H,12,13,14);3-5H,1-2H3,(H,11,12,13). The number of amides is 2. The van der Waals surface area contributed by atoms with Gasteiger partial charge in [-0.1, -0.05) is 22.7 Å². The lowest BCUT2D eigenvalue weighted by Crippen LogP contribution is -2.04. The minimum absolute atomic E-state index is 0.116. The topological polar surface area (TPSA) is 144 Å². The first-order valence-corrected chi connectivity index (χ1v) is 13.5. The number of aryl methyl sites for hydroxylation is 2. The van der Waals surface area contributed by atoms with E-state index in [-0.39, 0.29) is 16.9 Å². The molecule has 0 radical (unpaired) electrons. The van der Waals surface area contributed by atoms with Crippen LogP contribution in [0.3, 0.4) is 0 Å². The van der Waals surface area contributed by atoms with Crippen LogP contribution in [-0.4, -0.2) is 30.2 Å². The van der Waals surface area contributed by atoms with E-state index in [9.17, 15) is 18.0 Å². The number of hydrogen-bond acceptors (Lipinski definition) is 10. The number of carbonyl (C=O) groups is 2. The largest absolute Gasteiger partial charge is 0.463 e. The lowest BCUT2D eigenvalue weighted by atomic mass is 10.3. The van der Waals surface area contributed by atoms with Gasteiger partial charge in [0.25, 0.3) is 9.05 Å². The zero-order valence-electron chi connectivity index (χ0n) is 18.3. The summed E-state index contributed by atoms with van der Waals surface area (Å²) >= 11 is 2.60. The molecule has 0 unspecified atom stereocenters. The molecule has 10 nitrogen and oxygen atoms in total. The van der Waals surface area contributed by atoms with Gasteiger partial charge >= 0.3 is 0 Å². The van der Waals surface area contributed by atoms with E-state index in [0.717, 1.165) is 16.3 Å². The lowest BCUT2D eigenvalue weighted by molar-refractivity contribution is -0.115. The van der Waals surface area contributed by atoms with Crippen molar-refractivity contribution >= 4 is 64.5 Å². The van der Waals surface area contributed by atoms with E-state index < -0.39 is 9.05 Å². The molecular weight excluding hydrogens is 524 g/mol. The molecule has 0 spiro atoms. The molecule has 0 fully saturated rings. The number of thiazole rings is 2. The molecule has 0 saturated heterocycles. The van der Waals surface area contributed by atoms with Crippen LogP contribution in [0.25, 0.3) is 21.3 Å². The zero-order valence-corrected chi connectivity index (χ0v) is 21.5. The van der Waals surface area contributed by atoms with Gasteiger partial charge in [0, 0.05) is 24.5 Å². The Morgan fingerprint density at radius 1 is 0.912 bits per heavy atom. The number of nitrogens with zero attached hydrogens (tertiary/aromatic N) is 2. The summed E-state index contributed by atoms with van der Waals surface area (Å²) in [5.41, 5.74) is 1.49. The van der Waals surface area contributed by atoms with Gasteiger partial charge in [-0.25, -0.2) is 18.4 Å². The van der Waals surface area contributed by atoms with Crippen molar-refractivity contribution in [3.63, 3.8) is 0 Å². The van der Waals surface area contributed by atoms with Gasteiger partial charge in [0.1, 0.15) is 11.5 Å². The third-order valence-corrected chi connectivity index (χ3v) is 7.28. The molecule has 0 aliphatic rings. The van der Waals surface area contributed by atoms with Gasteiger partial charge in [-0.15, -0.1) is 0 Å². The summed E-state index contributed by atoms with van der Waals surface area (Å²) in [4.78, 5) is 31.8. The highest BCUT2D eigenvalue weighted by Crippen LogP contribution is 2.35. The summed E-state index contributed by atoms with van der Waals surface area (Å²) in [7, 11) is 1.29. The van der Waals surface area contributed by atoms with E-state index in [1.54, 1.807) is 13.2 Å². The van der Waals surface area contributed by atoms with E-state index >= 15 is 0 Å². The number of nitrogens with one attached hydrogen (secondary N) is 2. The number of halogens is 1. The number of furan rings is 2.